The van der Waals surface area contributed by atoms with E-state index in [1.807, 2.05) is 19.9 Å². The van der Waals surface area contributed by atoms with Crippen molar-refractivity contribution >= 4 is 23.3 Å². The third-order valence-corrected chi connectivity index (χ3v) is 4.26. The molecule has 3 aromatic heterocycles. The van der Waals surface area contributed by atoms with Crippen LogP contribution in [0.4, 0.5) is 0 Å². The number of nitrogens with two attached hydrogens (primary N) is 1. The number of furan rings is 1. The Kier molecular flexibility index (Phi) is 2.99. The van der Waals surface area contributed by atoms with Gasteiger partial charge in [-0.05, 0) is 43.2 Å². The van der Waals surface area contributed by atoms with Crippen LogP contribution in [0.1, 0.15) is 11.6 Å². The Balaban J connectivity index is 1.93. The maximum Gasteiger partial charge on any atom is 0.217 e. The van der Waals surface area contributed by atoms with Gasteiger partial charge in [-0.3, -0.25) is 0 Å². The number of rotatable bonds is 3. The van der Waals surface area contributed by atoms with Crippen molar-refractivity contribution in [3.8, 4) is 11.4 Å². The molecule has 0 aliphatic heterocycles. The summed E-state index contributed by atoms with van der Waals surface area (Å²) in [6.07, 6.45) is 1.60. The molecule has 0 unspecified atom stereocenters. The summed E-state index contributed by atoms with van der Waals surface area (Å²) in [5.74, 6) is 8.06. The lowest BCUT2D eigenvalue weighted by Crippen LogP contribution is -2.11. The van der Waals surface area contributed by atoms with Crippen LogP contribution in [0.3, 0.4) is 0 Å². The maximum atomic E-state index is 6.00. The molecule has 3 rings (SSSR count). The van der Waals surface area contributed by atoms with Gasteiger partial charge in [-0.1, -0.05) is 0 Å². The molecule has 0 aliphatic carbocycles. The van der Waals surface area contributed by atoms with Crippen molar-refractivity contribution in [1.29, 1.82) is 0 Å². The van der Waals surface area contributed by atoms with Gasteiger partial charge in [0.05, 0.1) is 11.8 Å². The van der Waals surface area contributed by atoms with Crippen molar-refractivity contribution in [2.45, 2.75) is 23.3 Å². The van der Waals surface area contributed by atoms with Crippen molar-refractivity contribution in [3.05, 3.63) is 23.9 Å². The molecule has 9 heteroatoms. The average Bonchev–Trinajstić information content (AvgIpc) is 3.05. The largest absolute Gasteiger partial charge is 0.469 e. The highest BCUT2D eigenvalue weighted by Gasteiger charge is 2.17. The molecule has 0 aliphatic rings. The molecule has 0 bridgehead atoms. The first kappa shape index (κ1) is 12.2. The summed E-state index contributed by atoms with van der Waals surface area (Å²) in [6, 6.07) is 1.81. The van der Waals surface area contributed by atoms with Gasteiger partial charge in [0, 0.05) is 0 Å². The minimum Gasteiger partial charge on any atom is -0.469 e. The average molecular weight is 294 g/mol. The molecule has 0 atom stereocenters. The van der Waals surface area contributed by atoms with E-state index in [1.54, 1.807) is 6.26 Å². The third-order valence-electron chi connectivity index (χ3n) is 2.45. The topological polar surface area (TPSA) is 95.7 Å². The van der Waals surface area contributed by atoms with Crippen LogP contribution in [0, 0.1) is 13.8 Å². The second-order valence-corrected chi connectivity index (χ2v) is 5.74. The highest BCUT2D eigenvalue weighted by Crippen LogP contribution is 2.30. The zero-order chi connectivity index (χ0) is 13.4. The third kappa shape index (κ3) is 2.22. The van der Waals surface area contributed by atoms with Crippen LogP contribution >= 0.6 is 23.3 Å². The predicted molar refractivity (Wildman–Crippen MR) is 71.4 cm³/mol. The van der Waals surface area contributed by atoms with Crippen LogP contribution in [0.2, 0.25) is 0 Å². The van der Waals surface area contributed by atoms with Crippen molar-refractivity contribution in [1.82, 2.24) is 24.2 Å². The van der Waals surface area contributed by atoms with Gasteiger partial charge in [-0.25, -0.2) is 9.66 Å². The molecule has 3 aromatic rings. The molecule has 0 aromatic carbocycles. The van der Waals surface area contributed by atoms with Crippen molar-refractivity contribution < 1.29 is 4.42 Å². The summed E-state index contributed by atoms with van der Waals surface area (Å²) in [7, 11) is 0. The Hall–Kier alpha value is -1.87. The molecule has 7 nitrogen and oxygen atoms in total. The number of nitrogen functional groups attached to an aromatic ring is 1. The SMILES string of the molecule is Cc1nsc(Sc2nnc(-c3ccoc3C)n2N)n1. The molecular formula is C10H10N6OS2. The lowest BCUT2D eigenvalue weighted by molar-refractivity contribution is 0.535. The van der Waals surface area contributed by atoms with Crippen LogP contribution < -0.4 is 5.84 Å². The van der Waals surface area contributed by atoms with Gasteiger partial charge in [0.25, 0.3) is 0 Å². The molecule has 0 amide bonds. The normalized spacial score (nSPS) is 11.1. The molecule has 3 heterocycles. The van der Waals surface area contributed by atoms with Gasteiger partial charge in [-0.2, -0.15) is 4.37 Å². The van der Waals surface area contributed by atoms with Gasteiger partial charge in [0.15, 0.2) is 10.2 Å². The standard InChI is InChI=1S/C10H10N6OS2/c1-5-7(3-4-17-5)8-13-14-9(16(8)11)18-10-12-6(2)15-19-10/h3-4H,11H2,1-2H3. The zero-order valence-corrected chi connectivity index (χ0v) is 11.8. The van der Waals surface area contributed by atoms with Gasteiger partial charge in [0.1, 0.15) is 11.6 Å². The summed E-state index contributed by atoms with van der Waals surface area (Å²) in [6.45, 7) is 3.69. The fourth-order valence-electron chi connectivity index (χ4n) is 1.54. The quantitative estimate of drug-likeness (QED) is 0.736. The van der Waals surface area contributed by atoms with Gasteiger partial charge in [-0.15, -0.1) is 10.2 Å². The Labute approximate surface area is 117 Å². The van der Waals surface area contributed by atoms with E-state index in [2.05, 4.69) is 19.6 Å². The Bertz CT molecular complexity index is 715. The minimum atomic E-state index is 0.562. The summed E-state index contributed by atoms with van der Waals surface area (Å²) >= 11 is 2.65. The second-order valence-electron chi connectivity index (χ2n) is 3.78. The predicted octanol–water partition coefficient (Wildman–Crippen LogP) is 1.87. The van der Waals surface area contributed by atoms with Crippen molar-refractivity contribution in [2.75, 3.05) is 5.84 Å². The lowest BCUT2D eigenvalue weighted by atomic mass is 10.2. The Morgan fingerprint density at radius 3 is 2.84 bits per heavy atom. The summed E-state index contributed by atoms with van der Waals surface area (Å²) in [4.78, 5) is 4.25. The summed E-state index contributed by atoms with van der Waals surface area (Å²) in [5, 5.41) is 8.71. The van der Waals surface area contributed by atoms with E-state index in [4.69, 9.17) is 10.3 Å². The van der Waals surface area contributed by atoms with Crippen molar-refractivity contribution in [3.63, 3.8) is 0 Å². The van der Waals surface area contributed by atoms with E-state index in [-0.39, 0.29) is 0 Å². The number of aryl methyl sites for hydroxylation is 2. The monoisotopic (exact) mass is 294 g/mol. The second kappa shape index (κ2) is 4.67. The van der Waals surface area contributed by atoms with E-state index >= 15 is 0 Å². The maximum absolute atomic E-state index is 6.00. The zero-order valence-electron chi connectivity index (χ0n) is 10.2. The number of hydrogen-bond donors (Lipinski definition) is 1. The van der Waals surface area contributed by atoms with Crippen LogP contribution in [0.25, 0.3) is 11.4 Å². The van der Waals surface area contributed by atoms with E-state index in [1.165, 1.54) is 28.0 Å². The molecule has 0 spiro atoms. The molecule has 98 valence electrons. The van der Waals surface area contributed by atoms with E-state index in [0.29, 0.717) is 11.0 Å². The van der Waals surface area contributed by atoms with E-state index in [0.717, 1.165) is 21.5 Å². The first-order valence-electron chi connectivity index (χ1n) is 5.38. The fraction of sp³-hybridized carbons (Fsp3) is 0.200. The highest BCUT2D eigenvalue weighted by molar-refractivity contribution is 8.00. The molecule has 0 saturated carbocycles. The molecule has 19 heavy (non-hydrogen) atoms. The van der Waals surface area contributed by atoms with Crippen LogP contribution in [-0.2, 0) is 0 Å². The molecule has 0 radical (unpaired) electrons. The van der Waals surface area contributed by atoms with Gasteiger partial charge in [0.2, 0.25) is 5.16 Å². The van der Waals surface area contributed by atoms with Crippen LogP contribution in [0.5, 0.6) is 0 Å². The smallest absolute Gasteiger partial charge is 0.217 e. The Morgan fingerprint density at radius 1 is 1.37 bits per heavy atom. The van der Waals surface area contributed by atoms with Gasteiger partial charge < -0.3 is 10.3 Å². The van der Waals surface area contributed by atoms with Crippen LogP contribution in [-0.4, -0.2) is 24.2 Å². The molecular weight excluding hydrogens is 284 g/mol. The first-order chi connectivity index (χ1) is 9.15. The Morgan fingerprint density at radius 2 is 2.21 bits per heavy atom. The van der Waals surface area contributed by atoms with Crippen molar-refractivity contribution in [2.24, 2.45) is 0 Å². The van der Waals surface area contributed by atoms with E-state index in [9.17, 15) is 0 Å². The first-order valence-corrected chi connectivity index (χ1v) is 6.97. The summed E-state index contributed by atoms with van der Waals surface area (Å²) in [5.41, 5.74) is 0.829. The molecule has 0 saturated heterocycles. The lowest BCUT2D eigenvalue weighted by Gasteiger charge is -2.00. The molecule has 0 fully saturated rings. The summed E-state index contributed by atoms with van der Waals surface area (Å²) < 4.78 is 11.6. The van der Waals surface area contributed by atoms with Gasteiger partial charge >= 0.3 is 0 Å². The van der Waals surface area contributed by atoms with Crippen LogP contribution in [0.15, 0.2) is 26.2 Å². The molecule has 2 N–H and O–H groups in total. The minimum absolute atomic E-state index is 0.562. The number of aromatic nitrogens is 5. The number of hydrogen-bond acceptors (Lipinski definition) is 8. The highest BCUT2D eigenvalue weighted by atomic mass is 32.2. The van der Waals surface area contributed by atoms with E-state index < -0.39 is 0 Å². The number of nitrogens with zero attached hydrogens (tertiary/aromatic N) is 5. The fourth-order valence-corrected chi connectivity index (χ4v) is 3.05.